The molecule has 0 radical (unpaired) electrons. The summed E-state index contributed by atoms with van der Waals surface area (Å²) in [5.74, 6) is -0.958. The molecule has 3 unspecified atom stereocenters. The number of aliphatic hydroxyl groups excluding tert-OH is 2. The molecule has 0 fully saturated rings. The van der Waals surface area contributed by atoms with Gasteiger partial charge in [-0.25, -0.2) is 4.57 Å². The van der Waals surface area contributed by atoms with Crippen molar-refractivity contribution in [3.63, 3.8) is 0 Å². The van der Waals surface area contributed by atoms with Gasteiger partial charge in [-0.3, -0.25) is 18.6 Å². The third kappa shape index (κ3) is 41.6. The number of phosphoric acid groups is 1. The van der Waals surface area contributed by atoms with Crippen LogP contribution in [0.15, 0.2) is 60.8 Å². The highest BCUT2D eigenvalue weighted by atomic mass is 31.2. The maximum absolute atomic E-state index is 12.6. The van der Waals surface area contributed by atoms with Crippen molar-refractivity contribution in [3.05, 3.63) is 60.8 Å². The molecule has 0 spiro atoms. The molecule has 0 aliphatic heterocycles. The van der Waals surface area contributed by atoms with Gasteiger partial charge < -0.3 is 24.6 Å². The Morgan fingerprint density at radius 2 is 0.912 bits per heavy atom. The highest BCUT2D eigenvalue weighted by Gasteiger charge is 2.27. The molecule has 0 rings (SSSR count). The van der Waals surface area contributed by atoms with Gasteiger partial charge >= 0.3 is 19.8 Å². The number of carbonyl (C=O) groups is 2. The molecule has 0 aromatic carbocycles. The van der Waals surface area contributed by atoms with Gasteiger partial charge in [0.15, 0.2) is 6.10 Å². The lowest BCUT2D eigenvalue weighted by Crippen LogP contribution is -2.29. The topological polar surface area (TPSA) is 149 Å². The third-order valence-corrected chi connectivity index (χ3v) is 10.1. The van der Waals surface area contributed by atoms with Crippen LogP contribution in [0.4, 0.5) is 0 Å². The molecule has 330 valence electrons. The molecule has 10 nitrogen and oxygen atoms in total. The molecule has 0 bridgehead atoms. The molecule has 0 aliphatic carbocycles. The molecule has 0 aromatic rings. The minimum atomic E-state index is -4.63. The third-order valence-electron chi connectivity index (χ3n) is 9.14. The number of allylic oxidation sites excluding steroid dienone is 10. The number of carbonyl (C=O) groups excluding carboxylic acids is 2. The number of unbranched alkanes of at least 4 members (excludes halogenated alkanes) is 17. The summed E-state index contributed by atoms with van der Waals surface area (Å²) >= 11 is 0. The van der Waals surface area contributed by atoms with E-state index in [0.29, 0.717) is 12.8 Å². The minimum absolute atomic E-state index is 0.164. The van der Waals surface area contributed by atoms with Crippen molar-refractivity contribution in [2.24, 2.45) is 0 Å². The minimum Gasteiger partial charge on any atom is -0.462 e. The number of hydrogen-bond acceptors (Lipinski definition) is 9. The molecular formula is C46H81O10P. The van der Waals surface area contributed by atoms with E-state index in [2.05, 4.69) is 79.1 Å². The van der Waals surface area contributed by atoms with E-state index in [4.69, 9.17) is 19.1 Å². The predicted octanol–water partition coefficient (Wildman–Crippen LogP) is 11.9. The van der Waals surface area contributed by atoms with Gasteiger partial charge in [0.25, 0.3) is 0 Å². The van der Waals surface area contributed by atoms with Crippen molar-refractivity contribution >= 4 is 19.8 Å². The van der Waals surface area contributed by atoms with Gasteiger partial charge in [0.05, 0.1) is 19.8 Å². The lowest BCUT2D eigenvalue weighted by molar-refractivity contribution is -0.161. The average Bonchev–Trinajstić information content (AvgIpc) is 3.20. The van der Waals surface area contributed by atoms with Crippen LogP contribution >= 0.6 is 7.82 Å². The van der Waals surface area contributed by atoms with Crippen LogP contribution < -0.4 is 0 Å². The summed E-state index contributed by atoms with van der Waals surface area (Å²) in [5.41, 5.74) is 0. The first kappa shape index (κ1) is 54.7. The van der Waals surface area contributed by atoms with Crippen molar-refractivity contribution in [1.82, 2.24) is 0 Å². The summed E-state index contributed by atoms with van der Waals surface area (Å²) in [7, 11) is -4.63. The fraction of sp³-hybridized carbons (Fsp3) is 0.739. The zero-order valence-electron chi connectivity index (χ0n) is 35.8. The van der Waals surface area contributed by atoms with E-state index in [1.165, 1.54) is 44.9 Å². The quantitative estimate of drug-likeness (QED) is 0.0235. The summed E-state index contributed by atoms with van der Waals surface area (Å²) in [5, 5.41) is 18.3. The lowest BCUT2D eigenvalue weighted by Gasteiger charge is -2.20. The molecule has 3 N–H and O–H groups in total. The normalized spacial score (nSPS) is 14.4. The Balaban J connectivity index is 4.34. The van der Waals surface area contributed by atoms with Crippen LogP contribution in [0.25, 0.3) is 0 Å². The largest absolute Gasteiger partial charge is 0.472 e. The summed E-state index contributed by atoms with van der Waals surface area (Å²) in [6.07, 6.45) is 46.0. The molecule has 0 saturated carbocycles. The van der Waals surface area contributed by atoms with Gasteiger partial charge in [-0.2, -0.15) is 0 Å². The summed E-state index contributed by atoms with van der Waals surface area (Å²) < 4.78 is 32.7. The number of aliphatic hydroxyl groups is 2. The maximum Gasteiger partial charge on any atom is 0.472 e. The number of hydrogen-bond donors (Lipinski definition) is 3. The summed E-state index contributed by atoms with van der Waals surface area (Å²) in [4.78, 5) is 35.0. The van der Waals surface area contributed by atoms with Crippen molar-refractivity contribution < 1.29 is 47.8 Å². The molecule has 0 saturated heterocycles. The first-order valence-electron chi connectivity index (χ1n) is 22.2. The monoisotopic (exact) mass is 825 g/mol. The molecule has 57 heavy (non-hydrogen) atoms. The van der Waals surface area contributed by atoms with Gasteiger partial charge in [0, 0.05) is 12.8 Å². The van der Waals surface area contributed by atoms with E-state index < -0.39 is 51.8 Å². The highest BCUT2D eigenvalue weighted by Crippen LogP contribution is 2.43. The molecular weight excluding hydrogens is 743 g/mol. The maximum atomic E-state index is 12.6. The Bertz CT molecular complexity index is 1130. The van der Waals surface area contributed by atoms with Gasteiger partial charge in [0.1, 0.15) is 12.7 Å². The van der Waals surface area contributed by atoms with E-state index in [1.54, 1.807) is 0 Å². The van der Waals surface area contributed by atoms with E-state index in [-0.39, 0.29) is 19.4 Å². The second kappa shape index (κ2) is 41.8. The molecule has 3 atom stereocenters. The Morgan fingerprint density at radius 3 is 1.37 bits per heavy atom. The van der Waals surface area contributed by atoms with E-state index in [1.807, 2.05) is 0 Å². The van der Waals surface area contributed by atoms with Crippen LogP contribution in [0, 0.1) is 0 Å². The standard InChI is InChI=1S/C46H81O10P/c1-3-5-7-9-11-13-15-17-19-20-21-22-24-26-28-30-32-34-36-38-46(50)56-44(42-55-57(51,52)54-40-43(48)39-47)41-53-45(49)37-35-33-31-29-27-25-23-18-16-14-12-10-8-6-4-2/h11-14,17-19,21-23,43-44,47-48H,3-10,15-16,20,24-42H2,1-2H3,(H,51,52)/b13-11-,14-12-,19-17-,22-21-,23-18-. The summed E-state index contributed by atoms with van der Waals surface area (Å²) in [6, 6.07) is 0. The molecule has 0 aliphatic rings. The Morgan fingerprint density at radius 1 is 0.526 bits per heavy atom. The van der Waals surface area contributed by atoms with Gasteiger partial charge in [-0.1, -0.05) is 145 Å². The van der Waals surface area contributed by atoms with E-state index in [9.17, 15) is 24.2 Å². The van der Waals surface area contributed by atoms with Crippen molar-refractivity contribution in [2.75, 3.05) is 26.4 Å². The van der Waals surface area contributed by atoms with Crippen LogP contribution in [0.2, 0.25) is 0 Å². The second-order valence-electron chi connectivity index (χ2n) is 14.7. The second-order valence-corrected chi connectivity index (χ2v) is 16.2. The first-order valence-corrected chi connectivity index (χ1v) is 23.7. The first-order chi connectivity index (χ1) is 27.7. The summed E-state index contributed by atoms with van der Waals surface area (Å²) in [6.45, 7) is 2.29. The van der Waals surface area contributed by atoms with Crippen LogP contribution in [0.5, 0.6) is 0 Å². The highest BCUT2D eigenvalue weighted by molar-refractivity contribution is 7.47. The Kier molecular flexibility index (Phi) is 40.1. The van der Waals surface area contributed by atoms with Crippen LogP contribution in [0.3, 0.4) is 0 Å². The fourth-order valence-corrected chi connectivity index (χ4v) is 6.47. The molecule has 0 amide bonds. The van der Waals surface area contributed by atoms with Crippen LogP contribution in [-0.4, -0.2) is 65.7 Å². The van der Waals surface area contributed by atoms with Crippen molar-refractivity contribution in [3.8, 4) is 0 Å². The van der Waals surface area contributed by atoms with Gasteiger partial charge in [-0.05, 0) is 83.5 Å². The van der Waals surface area contributed by atoms with Crippen LogP contribution in [0.1, 0.15) is 181 Å². The van der Waals surface area contributed by atoms with Crippen molar-refractivity contribution in [2.45, 2.75) is 193 Å². The Hall–Kier alpha value is -2.33. The van der Waals surface area contributed by atoms with Gasteiger partial charge in [0.2, 0.25) is 0 Å². The SMILES string of the molecule is CCCCC/C=C\C/C=C\C/C=C\CCCCCCCCC(=O)OC(COC(=O)CCCCCCC/C=C\C/C=C\CCCCC)COP(=O)(O)OCC(O)CO. The number of rotatable bonds is 41. The predicted molar refractivity (Wildman–Crippen MR) is 233 cm³/mol. The zero-order chi connectivity index (χ0) is 41.9. The van der Waals surface area contributed by atoms with E-state index in [0.717, 1.165) is 96.3 Å². The van der Waals surface area contributed by atoms with Gasteiger partial charge in [-0.15, -0.1) is 0 Å². The fourth-order valence-electron chi connectivity index (χ4n) is 5.68. The Labute approximate surface area is 346 Å². The molecule has 0 aromatic heterocycles. The number of phosphoric ester groups is 1. The van der Waals surface area contributed by atoms with Crippen molar-refractivity contribution in [1.29, 1.82) is 0 Å². The van der Waals surface area contributed by atoms with E-state index >= 15 is 0 Å². The smallest absolute Gasteiger partial charge is 0.462 e. The number of ether oxygens (including phenoxy) is 2. The molecule has 11 heteroatoms. The average molecular weight is 825 g/mol. The zero-order valence-corrected chi connectivity index (χ0v) is 36.7. The molecule has 0 heterocycles. The van der Waals surface area contributed by atoms with Crippen LogP contribution in [-0.2, 0) is 32.7 Å². The lowest BCUT2D eigenvalue weighted by atomic mass is 10.1. The number of esters is 2.